The van der Waals surface area contributed by atoms with Crippen LogP contribution < -0.4 is 5.32 Å². The Balaban J connectivity index is 2.81. The fourth-order valence-corrected chi connectivity index (χ4v) is 1.40. The van der Waals surface area contributed by atoms with Gasteiger partial charge in [0.25, 0.3) is 0 Å². The molecule has 0 amide bonds. The summed E-state index contributed by atoms with van der Waals surface area (Å²) in [4.78, 5) is 0. The predicted molar refractivity (Wildman–Crippen MR) is 50.3 cm³/mol. The van der Waals surface area contributed by atoms with Gasteiger partial charge in [-0.05, 0) is 12.1 Å². The number of benzene rings is 1. The lowest BCUT2D eigenvalue weighted by atomic mass is 10.2. The Morgan fingerprint density at radius 2 is 2.25 bits per heavy atom. The number of nitrogens with one attached hydrogen (secondary N) is 1. The maximum absolute atomic E-state index is 4.18. The average Bonchev–Trinajstić information content (AvgIpc) is 2.48. The van der Waals surface area contributed by atoms with Crippen LogP contribution in [-0.4, -0.2) is 16.8 Å². The number of hydrogen-bond acceptors (Lipinski definition) is 2. The minimum Gasteiger partial charge on any atom is -0.388 e. The maximum Gasteiger partial charge on any atom is 0.0699 e. The van der Waals surface area contributed by atoms with Gasteiger partial charge in [-0.3, -0.25) is 4.68 Å². The van der Waals surface area contributed by atoms with E-state index in [0.717, 1.165) is 11.2 Å². The first-order valence-corrected chi connectivity index (χ1v) is 3.91. The molecule has 3 nitrogen and oxygen atoms in total. The van der Waals surface area contributed by atoms with Crippen molar-refractivity contribution in [2.24, 2.45) is 7.05 Å². The number of rotatable bonds is 1. The molecule has 62 valence electrons. The number of aryl methyl sites for hydroxylation is 1. The standard InChI is InChI=1S/C9H11N3/c1-10-8-4-3-5-9-7(8)6-11-12(9)2/h3-6,10H,1-2H3. The van der Waals surface area contributed by atoms with E-state index in [2.05, 4.69) is 16.5 Å². The first-order chi connectivity index (χ1) is 5.83. The fourth-order valence-electron chi connectivity index (χ4n) is 1.40. The summed E-state index contributed by atoms with van der Waals surface area (Å²) >= 11 is 0. The van der Waals surface area contributed by atoms with E-state index in [4.69, 9.17) is 0 Å². The molecule has 1 N–H and O–H groups in total. The predicted octanol–water partition coefficient (Wildman–Crippen LogP) is 1.61. The number of aromatic nitrogens is 2. The molecule has 0 aliphatic carbocycles. The van der Waals surface area contributed by atoms with E-state index in [1.807, 2.05) is 37.1 Å². The van der Waals surface area contributed by atoms with Gasteiger partial charge in [0.15, 0.2) is 0 Å². The van der Waals surface area contributed by atoms with Crippen molar-refractivity contribution < 1.29 is 0 Å². The summed E-state index contributed by atoms with van der Waals surface area (Å²) in [5.41, 5.74) is 2.28. The first kappa shape index (κ1) is 7.16. The summed E-state index contributed by atoms with van der Waals surface area (Å²) in [5.74, 6) is 0. The van der Waals surface area contributed by atoms with Crippen molar-refractivity contribution in [2.45, 2.75) is 0 Å². The summed E-state index contributed by atoms with van der Waals surface area (Å²) in [6.45, 7) is 0. The topological polar surface area (TPSA) is 29.9 Å². The Hall–Kier alpha value is -1.51. The van der Waals surface area contributed by atoms with Gasteiger partial charge in [-0.25, -0.2) is 0 Å². The van der Waals surface area contributed by atoms with Crippen molar-refractivity contribution in [1.82, 2.24) is 9.78 Å². The van der Waals surface area contributed by atoms with Gasteiger partial charge >= 0.3 is 0 Å². The summed E-state index contributed by atoms with van der Waals surface area (Å²) in [7, 11) is 3.86. The third-order valence-electron chi connectivity index (χ3n) is 2.06. The molecule has 0 atom stereocenters. The normalized spacial score (nSPS) is 10.5. The highest BCUT2D eigenvalue weighted by Crippen LogP contribution is 2.21. The minimum atomic E-state index is 1.13. The SMILES string of the molecule is CNc1cccc2c1cnn2C. The van der Waals surface area contributed by atoms with E-state index in [1.165, 1.54) is 5.39 Å². The number of nitrogens with zero attached hydrogens (tertiary/aromatic N) is 2. The molecular weight excluding hydrogens is 150 g/mol. The Kier molecular flexibility index (Phi) is 1.50. The van der Waals surface area contributed by atoms with Crippen LogP contribution in [0.4, 0.5) is 5.69 Å². The van der Waals surface area contributed by atoms with Crippen LogP contribution in [0.5, 0.6) is 0 Å². The smallest absolute Gasteiger partial charge is 0.0699 e. The molecule has 12 heavy (non-hydrogen) atoms. The van der Waals surface area contributed by atoms with Gasteiger partial charge in [0.1, 0.15) is 0 Å². The summed E-state index contributed by atoms with van der Waals surface area (Å²) < 4.78 is 1.87. The zero-order valence-corrected chi connectivity index (χ0v) is 7.20. The zero-order chi connectivity index (χ0) is 8.55. The van der Waals surface area contributed by atoms with Crippen molar-refractivity contribution >= 4 is 16.6 Å². The number of hydrogen-bond donors (Lipinski definition) is 1. The van der Waals surface area contributed by atoms with Crippen LogP contribution in [0.15, 0.2) is 24.4 Å². The lowest BCUT2D eigenvalue weighted by Gasteiger charge is -2.00. The fraction of sp³-hybridized carbons (Fsp3) is 0.222. The lowest BCUT2D eigenvalue weighted by Crippen LogP contribution is -1.90. The molecule has 2 rings (SSSR count). The van der Waals surface area contributed by atoms with Gasteiger partial charge in [-0.2, -0.15) is 5.10 Å². The third kappa shape index (κ3) is 0.863. The molecule has 0 radical (unpaired) electrons. The number of anilines is 1. The van der Waals surface area contributed by atoms with Gasteiger partial charge in [0.2, 0.25) is 0 Å². The van der Waals surface area contributed by atoms with E-state index >= 15 is 0 Å². The maximum atomic E-state index is 4.18. The number of fused-ring (bicyclic) bond motifs is 1. The van der Waals surface area contributed by atoms with Crippen molar-refractivity contribution in [2.75, 3.05) is 12.4 Å². The highest BCUT2D eigenvalue weighted by Gasteiger charge is 2.01. The van der Waals surface area contributed by atoms with E-state index in [-0.39, 0.29) is 0 Å². The first-order valence-electron chi connectivity index (χ1n) is 3.91. The van der Waals surface area contributed by atoms with Crippen LogP contribution in [0.2, 0.25) is 0 Å². The van der Waals surface area contributed by atoms with Crippen LogP contribution in [0.3, 0.4) is 0 Å². The van der Waals surface area contributed by atoms with Crippen molar-refractivity contribution in [3.8, 4) is 0 Å². The minimum absolute atomic E-state index is 1.13. The Labute approximate surface area is 71.0 Å². The van der Waals surface area contributed by atoms with Crippen molar-refractivity contribution in [3.63, 3.8) is 0 Å². The van der Waals surface area contributed by atoms with E-state index < -0.39 is 0 Å². The Morgan fingerprint density at radius 1 is 1.42 bits per heavy atom. The molecule has 0 saturated carbocycles. The lowest BCUT2D eigenvalue weighted by molar-refractivity contribution is 0.797. The van der Waals surface area contributed by atoms with Crippen LogP contribution in [0.1, 0.15) is 0 Å². The van der Waals surface area contributed by atoms with Crippen LogP contribution in [-0.2, 0) is 7.05 Å². The molecule has 1 heterocycles. The highest BCUT2D eigenvalue weighted by molar-refractivity contribution is 5.91. The second kappa shape index (κ2) is 2.52. The molecule has 0 aliphatic rings. The van der Waals surface area contributed by atoms with Crippen LogP contribution >= 0.6 is 0 Å². The second-order valence-corrected chi connectivity index (χ2v) is 2.76. The van der Waals surface area contributed by atoms with E-state index in [9.17, 15) is 0 Å². The van der Waals surface area contributed by atoms with E-state index in [0.29, 0.717) is 0 Å². The average molecular weight is 161 g/mol. The van der Waals surface area contributed by atoms with Gasteiger partial charge in [0, 0.05) is 25.2 Å². The molecule has 1 aromatic heterocycles. The van der Waals surface area contributed by atoms with E-state index in [1.54, 1.807) is 0 Å². The zero-order valence-electron chi connectivity index (χ0n) is 7.20. The second-order valence-electron chi connectivity index (χ2n) is 2.76. The summed E-state index contributed by atoms with van der Waals surface area (Å²) in [6, 6.07) is 6.13. The van der Waals surface area contributed by atoms with Gasteiger partial charge < -0.3 is 5.32 Å². The molecule has 0 unspecified atom stereocenters. The molecule has 0 spiro atoms. The van der Waals surface area contributed by atoms with Gasteiger partial charge in [-0.15, -0.1) is 0 Å². The molecule has 3 heteroatoms. The van der Waals surface area contributed by atoms with Crippen LogP contribution in [0, 0.1) is 0 Å². The Bertz CT molecular complexity index is 403. The molecule has 0 aliphatic heterocycles. The quantitative estimate of drug-likeness (QED) is 0.688. The van der Waals surface area contributed by atoms with Crippen molar-refractivity contribution in [3.05, 3.63) is 24.4 Å². The molecule has 2 aromatic rings. The molecular formula is C9H11N3. The molecule has 0 fully saturated rings. The molecule has 0 saturated heterocycles. The largest absolute Gasteiger partial charge is 0.388 e. The monoisotopic (exact) mass is 161 g/mol. The van der Waals surface area contributed by atoms with Gasteiger partial charge in [-0.1, -0.05) is 6.07 Å². The van der Waals surface area contributed by atoms with Gasteiger partial charge in [0.05, 0.1) is 11.7 Å². The third-order valence-corrected chi connectivity index (χ3v) is 2.06. The summed E-state index contributed by atoms with van der Waals surface area (Å²) in [5, 5.41) is 8.48. The van der Waals surface area contributed by atoms with Crippen LogP contribution in [0.25, 0.3) is 10.9 Å². The molecule has 1 aromatic carbocycles. The van der Waals surface area contributed by atoms with Crippen molar-refractivity contribution in [1.29, 1.82) is 0 Å². The highest BCUT2D eigenvalue weighted by atomic mass is 15.2. The molecule has 0 bridgehead atoms. The summed E-state index contributed by atoms with van der Waals surface area (Å²) in [6.07, 6.45) is 1.88. The Morgan fingerprint density at radius 3 is 3.00 bits per heavy atom.